The van der Waals surface area contributed by atoms with Crippen LogP contribution in [0.1, 0.15) is 19.8 Å². The largest absolute Gasteiger partial charge is 0.100 e. The minimum absolute atomic E-state index is 0.932. The molecule has 0 aliphatic rings. The standard InChI is InChI=1S/C7H12/c1-4-5-6-7(2)3/h6H,2-5H2,1H3/q+1. The molecule has 0 atom stereocenters. The smallest absolute Gasteiger partial charge is 0.0654 e. The topological polar surface area (TPSA) is 0 Å². The van der Waals surface area contributed by atoms with Crippen LogP contribution in [0.3, 0.4) is 0 Å². The highest BCUT2D eigenvalue weighted by Gasteiger charge is 1.88. The summed E-state index contributed by atoms with van der Waals surface area (Å²) in [5, 5.41) is 0. The first-order valence-electron chi connectivity index (χ1n) is 2.61. The first-order valence-corrected chi connectivity index (χ1v) is 2.61. The van der Waals surface area contributed by atoms with Gasteiger partial charge < -0.3 is 0 Å². The fraction of sp³-hybridized carbons (Fsp3) is 0.429. The van der Waals surface area contributed by atoms with Gasteiger partial charge >= 0.3 is 0 Å². The summed E-state index contributed by atoms with van der Waals surface area (Å²) in [5.41, 5.74) is 0.932. The molecular formula is C7H12+. The van der Waals surface area contributed by atoms with Crippen LogP contribution in [0.25, 0.3) is 0 Å². The van der Waals surface area contributed by atoms with Gasteiger partial charge in [0.15, 0.2) is 0 Å². The van der Waals surface area contributed by atoms with E-state index < -0.39 is 0 Å². The fourth-order valence-electron chi connectivity index (χ4n) is 0.348. The minimum atomic E-state index is 0.932. The molecule has 0 nitrogen and oxygen atoms in total. The van der Waals surface area contributed by atoms with Crippen LogP contribution in [0, 0.1) is 13.3 Å². The Morgan fingerprint density at radius 3 is 2.57 bits per heavy atom. The van der Waals surface area contributed by atoms with Crippen LogP contribution in [0.2, 0.25) is 0 Å². The molecule has 1 radical (unpaired) electrons. The Balaban J connectivity index is 2.82. The average molecular weight is 96.2 g/mol. The molecule has 0 spiro atoms. The van der Waals surface area contributed by atoms with Crippen LogP contribution < -0.4 is 0 Å². The Labute approximate surface area is 46.2 Å². The maximum Gasteiger partial charge on any atom is 0.100 e. The summed E-state index contributed by atoms with van der Waals surface area (Å²) < 4.78 is 0. The zero-order valence-corrected chi connectivity index (χ0v) is 4.91. The lowest BCUT2D eigenvalue weighted by Gasteiger charge is -1.85. The van der Waals surface area contributed by atoms with Crippen molar-refractivity contribution in [3.8, 4) is 0 Å². The van der Waals surface area contributed by atoms with Crippen LogP contribution in [0.4, 0.5) is 0 Å². The Morgan fingerprint density at radius 2 is 2.43 bits per heavy atom. The molecule has 0 heteroatoms. The van der Waals surface area contributed by atoms with E-state index in [1.54, 1.807) is 0 Å². The molecule has 0 fully saturated rings. The number of rotatable bonds is 3. The highest BCUT2D eigenvalue weighted by atomic mass is 13.9. The molecular weight excluding hydrogens is 84.1 g/mol. The number of hydrogen-bond acceptors (Lipinski definition) is 0. The van der Waals surface area contributed by atoms with Gasteiger partial charge in [-0.2, -0.15) is 0 Å². The third kappa shape index (κ3) is 5.61. The van der Waals surface area contributed by atoms with E-state index in [-0.39, 0.29) is 0 Å². The van der Waals surface area contributed by atoms with Crippen molar-refractivity contribution in [2.24, 2.45) is 0 Å². The number of allylic oxidation sites excluding steroid dienone is 1. The number of unbranched alkanes of at least 4 members (excludes halogenated alkanes) is 1. The molecule has 0 unspecified atom stereocenters. The SMILES string of the molecule is C=C([CH2+])[CH]CCC. The summed E-state index contributed by atoms with van der Waals surface area (Å²) in [5.74, 6) is 0. The molecule has 0 saturated heterocycles. The quantitative estimate of drug-likeness (QED) is 0.473. The van der Waals surface area contributed by atoms with Gasteiger partial charge in [-0.3, -0.25) is 0 Å². The third-order valence-corrected chi connectivity index (χ3v) is 0.722. The van der Waals surface area contributed by atoms with Gasteiger partial charge in [0.2, 0.25) is 0 Å². The second-order valence-electron chi connectivity index (χ2n) is 1.65. The zero-order valence-electron chi connectivity index (χ0n) is 4.91. The second-order valence-corrected chi connectivity index (χ2v) is 1.65. The first-order chi connectivity index (χ1) is 3.27. The Kier molecular flexibility index (Phi) is 3.58. The lowest BCUT2D eigenvalue weighted by atomic mass is 10.2. The van der Waals surface area contributed by atoms with Gasteiger partial charge in [-0.1, -0.05) is 13.3 Å². The van der Waals surface area contributed by atoms with E-state index in [1.807, 2.05) is 6.42 Å². The van der Waals surface area contributed by atoms with Gasteiger partial charge in [0.05, 0.1) is 0 Å². The van der Waals surface area contributed by atoms with E-state index in [4.69, 9.17) is 0 Å². The predicted molar refractivity (Wildman–Crippen MR) is 33.7 cm³/mol. The van der Waals surface area contributed by atoms with Crippen LogP contribution in [0.5, 0.6) is 0 Å². The molecule has 0 amide bonds. The second kappa shape index (κ2) is 3.79. The van der Waals surface area contributed by atoms with Gasteiger partial charge in [0.1, 0.15) is 5.57 Å². The molecule has 0 aliphatic carbocycles. The van der Waals surface area contributed by atoms with Gasteiger partial charge in [0.25, 0.3) is 0 Å². The summed E-state index contributed by atoms with van der Waals surface area (Å²) in [6.45, 7) is 9.39. The van der Waals surface area contributed by atoms with Gasteiger partial charge in [-0.05, 0) is 6.42 Å². The van der Waals surface area contributed by atoms with E-state index >= 15 is 0 Å². The maximum absolute atomic E-state index is 3.63. The number of hydrogen-bond donors (Lipinski definition) is 0. The predicted octanol–water partition coefficient (Wildman–Crippen LogP) is 2.38. The first kappa shape index (κ1) is 6.61. The summed E-state index contributed by atoms with van der Waals surface area (Å²) in [6.07, 6.45) is 4.34. The average Bonchev–Trinajstić information content (AvgIpc) is 1.61. The fourth-order valence-corrected chi connectivity index (χ4v) is 0.348. The third-order valence-electron chi connectivity index (χ3n) is 0.722. The molecule has 0 aromatic carbocycles. The lowest BCUT2D eigenvalue weighted by molar-refractivity contribution is 0.914. The highest BCUT2D eigenvalue weighted by molar-refractivity contribution is 5.10. The molecule has 0 aromatic rings. The van der Waals surface area contributed by atoms with Gasteiger partial charge in [-0.25, -0.2) is 0 Å². The lowest BCUT2D eigenvalue weighted by Crippen LogP contribution is -1.73. The summed E-state index contributed by atoms with van der Waals surface area (Å²) in [6, 6.07) is 0. The molecule has 0 N–H and O–H groups in total. The van der Waals surface area contributed by atoms with E-state index in [9.17, 15) is 0 Å². The molecule has 0 heterocycles. The zero-order chi connectivity index (χ0) is 5.70. The normalized spacial score (nSPS) is 8.71. The van der Waals surface area contributed by atoms with Crippen molar-refractivity contribution in [3.05, 3.63) is 25.5 Å². The molecule has 0 aliphatic heterocycles. The van der Waals surface area contributed by atoms with Crippen molar-refractivity contribution in [2.75, 3.05) is 0 Å². The Hall–Kier alpha value is -0.390. The summed E-state index contributed by atoms with van der Waals surface area (Å²) in [4.78, 5) is 0. The van der Waals surface area contributed by atoms with Crippen molar-refractivity contribution in [2.45, 2.75) is 19.8 Å². The monoisotopic (exact) mass is 96.1 g/mol. The van der Waals surface area contributed by atoms with E-state index in [0.29, 0.717) is 0 Å². The van der Waals surface area contributed by atoms with Crippen LogP contribution in [0.15, 0.2) is 12.2 Å². The van der Waals surface area contributed by atoms with Gasteiger partial charge in [-0.15, -0.1) is 0 Å². The van der Waals surface area contributed by atoms with Crippen molar-refractivity contribution in [1.82, 2.24) is 0 Å². The van der Waals surface area contributed by atoms with Crippen LogP contribution in [-0.2, 0) is 0 Å². The summed E-state index contributed by atoms with van der Waals surface area (Å²) >= 11 is 0. The van der Waals surface area contributed by atoms with E-state index in [1.165, 1.54) is 6.42 Å². The minimum Gasteiger partial charge on any atom is -0.0654 e. The van der Waals surface area contributed by atoms with Crippen LogP contribution >= 0.6 is 0 Å². The molecule has 0 aromatic heterocycles. The highest BCUT2D eigenvalue weighted by Crippen LogP contribution is 1.99. The molecule has 0 rings (SSSR count). The molecule has 0 saturated carbocycles. The van der Waals surface area contributed by atoms with E-state index in [2.05, 4.69) is 20.4 Å². The van der Waals surface area contributed by atoms with E-state index in [0.717, 1.165) is 12.0 Å². The van der Waals surface area contributed by atoms with Crippen molar-refractivity contribution >= 4 is 0 Å². The van der Waals surface area contributed by atoms with Gasteiger partial charge in [0, 0.05) is 19.9 Å². The van der Waals surface area contributed by atoms with Crippen molar-refractivity contribution < 1.29 is 0 Å². The molecule has 0 bridgehead atoms. The summed E-state index contributed by atoms with van der Waals surface area (Å²) in [7, 11) is 0. The molecule has 39 valence electrons. The van der Waals surface area contributed by atoms with Crippen molar-refractivity contribution in [1.29, 1.82) is 0 Å². The molecule has 7 heavy (non-hydrogen) atoms. The van der Waals surface area contributed by atoms with Crippen molar-refractivity contribution in [3.63, 3.8) is 0 Å². The van der Waals surface area contributed by atoms with Crippen LogP contribution in [-0.4, -0.2) is 0 Å². The Bertz CT molecular complexity index is 53.1. The maximum atomic E-state index is 3.63. The Morgan fingerprint density at radius 1 is 1.86 bits per heavy atom.